The van der Waals surface area contributed by atoms with Crippen LogP contribution < -0.4 is 10.5 Å². The van der Waals surface area contributed by atoms with E-state index in [1.54, 1.807) is 6.20 Å². The molecular formula is C23H25N5O. The Morgan fingerprint density at radius 2 is 1.79 bits per heavy atom. The maximum absolute atomic E-state index is 13.3. The molecule has 6 nitrogen and oxygen atoms in total. The largest absolute Gasteiger partial charge is 0.371 e. The molecule has 0 bridgehead atoms. The van der Waals surface area contributed by atoms with Crippen LogP contribution in [0, 0.1) is 20.8 Å². The topological polar surface area (TPSA) is 55.4 Å². The van der Waals surface area contributed by atoms with E-state index in [9.17, 15) is 4.79 Å². The normalized spacial score (nSPS) is 16.2. The van der Waals surface area contributed by atoms with Crippen LogP contribution >= 0.6 is 0 Å². The van der Waals surface area contributed by atoms with Crippen molar-refractivity contribution >= 4 is 22.3 Å². The van der Waals surface area contributed by atoms with E-state index in [0.29, 0.717) is 17.8 Å². The minimum absolute atomic E-state index is 0.109. The van der Waals surface area contributed by atoms with Crippen LogP contribution in [-0.4, -0.2) is 39.8 Å². The van der Waals surface area contributed by atoms with Crippen LogP contribution in [0.25, 0.3) is 16.5 Å². The van der Waals surface area contributed by atoms with Gasteiger partial charge in [0.2, 0.25) is 0 Å². The number of hydrogen-bond acceptors (Lipinski definition) is 4. The van der Waals surface area contributed by atoms with Crippen LogP contribution in [0.2, 0.25) is 0 Å². The first-order valence-corrected chi connectivity index (χ1v) is 10.2. The summed E-state index contributed by atoms with van der Waals surface area (Å²) in [4.78, 5) is 20.2. The highest BCUT2D eigenvalue weighted by Crippen LogP contribution is 2.30. The van der Waals surface area contributed by atoms with Gasteiger partial charge < -0.3 is 9.47 Å². The van der Waals surface area contributed by atoms with Crippen molar-refractivity contribution in [3.05, 3.63) is 63.9 Å². The Labute approximate surface area is 169 Å². The van der Waals surface area contributed by atoms with Crippen molar-refractivity contribution in [3.63, 3.8) is 0 Å². The number of aliphatic imine (C=N–C) groups is 1. The van der Waals surface area contributed by atoms with Crippen LogP contribution in [0.3, 0.4) is 0 Å². The van der Waals surface area contributed by atoms with Gasteiger partial charge in [0.25, 0.3) is 5.56 Å². The second-order valence-corrected chi connectivity index (χ2v) is 7.95. The Kier molecular flexibility index (Phi) is 4.15. The molecule has 1 fully saturated rings. The molecule has 0 N–H and O–H groups in total. The highest BCUT2D eigenvalue weighted by Gasteiger charge is 2.20. The van der Waals surface area contributed by atoms with Crippen molar-refractivity contribution in [2.75, 3.05) is 24.5 Å². The Morgan fingerprint density at radius 1 is 1.00 bits per heavy atom. The van der Waals surface area contributed by atoms with Gasteiger partial charge in [-0.1, -0.05) is 6.08 Å². The van der Waals surface area contributed by atoms with Crippen molar-refractivity contribution < 1.29 is 0 Å². The Balaban J connectivity index is 1.71. The summed E-state index contributed by atoms with van der Waals surface area (Å²) in [6.07, 6.45) is 7.86. The minimum Gasteiger partial charge on any atom is -0.371 e. The van der Waals surface area contributed by atoms with Gasteiger partial charge in [0.05, 0.1) is 11.6 Å². The zero-order valence-corrected chi connectivity index (χ0v) is 17.1. The van der Waals surface area contributed by atoms with E-state index in [-0.39, 0.29) is 5.56 Å². The van der Waals surface area contributed by atoms with Crippen molar-refractivity contribution in [1.29, 1.82) is 0 Å². The number of dihydropyridines is 1. The molecule has 6 heteroatoms. The molecule has 1 saturated heterocycles. The van der Waals surface area contributed by atoms with E-state index in [1.807, 2.05) is 19.1 Å². The number of benzene rings is 1. The second-order valence-electron chi connectivity index (χ2n) is 7.95. The molecule has 29 heavy (non-hydrogen) atoms. The van der Waals surface area contributed by atoms with Crippen LogP contribution in [-0.2, 0) is 0 Å². The SMILES string of the molecule is Cc1cc(N2CCC2)cc(-n2c(C)c3cnn(C4=NCCC=C4)c(=O)c3c2C)c1. The first-order valence-electron chi connectivity index (χ1n) is 10.2. The summed E-state index contributed by atoms with van der Waals surface area (Å²) in [5.74, 6) is 0.614. The van der Waals surface area contributed by atoms with Crippen LogP contribution in [0.4, 0.5) is 5.69 Å². The number of anilines is 1. The van der Waals surface area contributed by atoms with Crippen LogP contribution in [0.15, 0.2) is 46.3 Å². The highest BCUT2D eigenvalue weighted by molar-refractivity contribution is 5.97. The van der Waals surface area contributed by atoms with Gasteiger partial charge in [-0.05, 0) is 63.5 Å². The second kappa shape index (κ2) is 6.72. The average Bonchev–Trinajstić information content (AvgIpc) is 2.92. The van der Waals surface area contributed by atoms with Crippen LogP contribution in [0.1, 0.15) is 29.8 Å². The molecule has 2 aromatic heterocycles. The van der Waals surface area contributed by atoms with Gasteiger partial charge in [-0.2, -0.15) is 9.78 Å². The minimum atomic E-state index is -0.109. The van der Waals surface area contributed by atoms with E-state index >= 15 is 0 Å². The average molecular weight is 387 g/mol. The predicted molar refractivity (Wildman–Crippen MR) is 118 cm³/mol. The third-order valence-electron chi connectivity index (χ3n) is 5.98. The quantitative estimate of drug-likeness (QED) is 0.676. The Hall–Kier alpha value is -3.15. The molecule has 0 atom stereocenters. The molecule has 0 amide bonds. The highest BCUT2D eigenvalue weighted by atomic mass is 16.1. The maximum Gasteiger partial charge on any atom is 0.282 e. The predicted octanol–water partition coefficient (Wildman–Crippen LogP) is 3.53. The molecule has 0 radical (unpaired) electrons. The molecule has 3 aromatic rings. The summed E-state index contributed by atoms with van der Waals surface area (Å²) in [5, 5.41) is 6.04. The van der Waals surface area contributed by atoms with E-state index in [4.69, 9.17) is 0 Å². The number of hydrogen-bond donors (Lipinski definition) is 0. The smallest absolute Gasteiger partial charge is 0.282 e. The third kappa shape index (κ3) is 2.82. The van der Waals surface area contributed by atoms with E-state index in [1.165, 1.54) is 22.4 Å². The lowest BCUT2D eigenvalue weighted by atomic mass is 10.1. The van der Waals surface area contributed by atoms with Gasteiger partial charge in [-0.15, -0.1) is 0 Å². The lowest BCUT2D eigenvalue weighted by Crippen LogP contribution is -2.37. The molecule has 2 aliphatic rings. The Morgan fingerprint density at radius 3 is 2.48 bits per heavy atom. The van der Waals surface area contributed by atoms with Crippen molar-refractivity contribution in [2.24, 2.45) is 4.99 Å². The van der Waals surface area contributed by atoms with E-state index in [2.05, 4.69) is 51.6 Å². The lowest BCUT2D eigenvalue weighted by Gasteiger charge is -2.33. The fraction of sp³-hybridized carbons (Fsp3) is 0.348. The van der Waals surface area contributed by atoms with Crippen molar-refractivity contribution in [2.45, 2.75) is 33.6 Å². The number of aromatic nitrogens is 3. The van der Waals surface area contributed by atoms with Gasteiger partial charge >= 0.3 is 0 Å². The maximum atomic E-state index is 13.3. The first-order chi connectivity index (χ1) is 14.0. The number of rotatable bonds is 2. The summed E-state index contributed by atoms with van der Waals surface area (Å²) >= 11 is 0. The summed E-state index contributed by atoms with van der Waals surface area (Å²) in [6, 6.07) is 6.64. The van der Waals surface area contributed by atoms with Gasteiger partial charge in [0.15, 0.2) is 5.84 Å². The molecular weight excluding hydrogens is 362 g/mol. The van der Waals surface area contributed by atoms with Crippen molar-refractivity contribution in [3.8, 4) is 5.69 Å². The van der Waals surface area contributed by atoms with Gasteiger partial charge in [-0.25, -0.2) is 0 Å². The fourth-order valence-electron chi connectivity index (χ4n) is 4.37. The zero-order valence-electron chi connectivity index (χ0n) is 17.1. The molecule has 0 spiro atoms. The molecule has 0 saturated carbocycles. The number of aryl methyl sites for hydroxylation is 3. The summed E-state index contributed by atoms with van der Waals surface area (Å²) in [6.45, 7) is 9.12. The summed E-state index contributed by atoms with van der Waals surface area (Å²) < 4.78 is 3.61. The standard InChI is InChI=1S/C23H25N5O/c1-15-11-18(26-9-6-10-26)13-19(12-15)27-16(2)20-14-25-28(21-7-4-5-8-24-21)23(29)22(20)17(27)3/h4,7,11-14H,5-6,8-10H2,1-3H3. The van der Waals surface area contributed by atoms with Gasteiger partial charge in [0.1, 0.15) is 0 Å². The monoisotopic (exact) mass is 387 g/mol. The van der Waals surface area contributed by atoms with Crippen LogP contribution in [0.5, 0.6) is 0 Å². The van der Waals surface area contributed by atoms with Gasteiger partial charge in [0, 0.05) is 47.8 Å². The molecule has 0 unspecified atom stereocenters. The Bertz CT molecular complexity index is 1240. The van der Waals surface area contributed by atoms with E-state index in [0.717, 1.165) is 42.0 Å². The third-order valence-corrected chi connectivity index (χ3v) is 5.98. The number of fused-ring (bicyclic) bond motifs is 1. The number of allylic oxidation sites excluding steroid dienone is 1. The lowest BCUT2D eigenvalue weighted by molar-refractivity contribution is 0.617. The van der Waals surface area contributed by atoms with Crippen molar-refractivity contribution in [1.82, 2.24) is 14.3 Å². The molecule has 5 rings (SSSR count). The molecule has 0 aliphatic carbocycles. The van der Waals surface area contributed by atoms with E-state index < -0.39 is 0 Å². The molecule has 1 aromatic carbocycles. The summed E-state index contributed by atoms with van der Waals surface area (Å²) in [7, 11) is 0. The fourth-order valence-corrected chi connectivity index (χ4v) is 4.37. The molecule has 148 valence electrons. The molecule has 2 aliphatic heterocycles. The summed E-state index contributed by atoms with van der Waals surface area (Å²) in [5.41, 5.74) is 5.44. The molecule has 4 heterocycles. The first kappa shape index (κ1) is 17.9. The van der Waals surface area contributed by atoms with Gasteiger partial charge in [-0.3, -0.25) is 9.79 Å². The number of nitrogens with zero attached hydrogens (tertiary/aromatic N) is 5. The zero-order chi connectivity index (χ0) is 20.1.